The quantitative estimate of drug-likeness (QED) is 0.626. The molecule has 2 amide bonds. The fourth-order valence-electron chi connectivity index (χ4n) is 3.32. The Balaban J connectivity index is 1.61. The smallest absolute Gasteiger partial charge is 0.306 e. The second-order valence-corrected chi connectivity index (χ2v) is 8.66. The molecule has 0 aliphatic heterocycles. The van der Waals surface area contributed by atoms with E-state index in [4.69, 9.17) is 16.7 Å². The molecule has 0 saturated heterocycles. The van der Waals surface area contributed by atoms with Crippen molar-refractivity contribution in [3.63, 3.8) is 0 Å². The van der Waals surface area contributed by atoms with Crippen molar-refractivity contribution >= 4 is 45.7 Å². The minimum atomic E-state index is -0.825. The van der Waals surface area contributed by atoms with Crippen LogP contribution in [-0.2, 0) is 16.1 Å². The second kappa shape index (κ2) is 9.37. The monoisotopic (exact) mass is 438 g/mol. The third-order valence-corrected chi connectivity index (χ3v) is 6.18. The van der Waals surface area contributed by atoms with Crippen LogP contribution in [0.25, 0.3) is 0 Å². The lowest BCUT2D eigenvalue weighted by Gasteiger charge is -2.25. The van der Waals surface area contributed by atoms with Crippen LogP contribution in [0.15, 0.2) is 30.3 Å². The lowest BCUT2D eigenvalue weighted by molar-refractivity contribution is -0.143. The summed E-state index contributed by atoms with van der Waals surface area (Å²) in [7, 11) is 0. The Morgan fingerprint density at radius 1 is 1.10 bits per heavy atom. The number of halogens is 2. The topological polar surface area (TPSA) is 95.5 Å². The summed E-state index contributed by atoms with van der Waals surface area (Å²) in [6, 6.07) is 7.27. The van der Waals surface area contributed by atoms with Crippen molar-refractivity contribution < 1.29 is 23.9 Å². The number of carboxylic acid groups (broad SMARTS) is 1. The summed E-state index contributed by atoms with van der Waals surface area (Å²) < 4.78 is 13.3. The molecule has 6 nitrogen and oxygen atoms in total. The molecule has 1 saturated carbocycles. The van der Waals surface area contributed by atoms with E-state index in [1.54, 1.807) is 12.1 Å². The van der Waals surface area contributed by atoms with Gasteiger partial charge in [0, 0.05) is 12.5 Å². The molecule has 0 radical (unpaired) electrons. The average Bonchev–Trinajstić information content (AvgIpc) is 3.07. The number of carbonyl (C=O) groups excluding carboxylic acids is 2. The highest BCUT2D eigenvalue weighted by molar-refractivity contribution is 7.20. The van der Waals surface area contributed by atoms with E-state index in [2.05, 4.69) is 10.6 Å². The predicted molar refractivity (Wildman–Crippen MR) is 109 cm³/mol. The maximum atomic E-state index is 13.0. The van der Waals surface area contributed by atoms with Gasteiger partial charge in [0.25, 0.3) is 5.91 Å². The zero-order valence-corrected chi connectivity index (χ0v) is 17.0. The molecular weight excluding hydrogens is 419 g/mol. The van der Waals surface area contributed by atoms with Crippen LogP contribution in [0.3, 0.4) is 0 Å². The van der Waals surface area contributed by atoms with Crippen LogP contribution in [0, 0.1) is 17.7 Å². The first-order valence-electron chi connectivity index (χ1n) is 9.19. The van der Waals surface area contributed by atoms with E-state index < -0.39 is 17.8 Å². The standard InChI is InChI=1S/C20H20ClFN2O4S/c21-16-9-15(18(26)23-10-11-1-7-14(22)8-2-11)19(29-16)24-17(25)12-3-5-13(6-4-12)20(27)28/h1-2,7-9,12-13H,3-6,10H2,(H,23,26)(H,24,25)(H,27,28). The number of amides is 2. The van der Waals surface area contributed by atoms with Gasteiger partial charge < -0.3 is 15.7 Å². The average molecular weight is 439 g/mol. The lowest BCUT2D eigenvalue weighted by Crippen LogP contribution is -2.30. The molecule has 1 aromatic heterocycles. The normalized spacial score (nSPS) is 18.8. The van der Waals surface area contributed by atoms with Gasteiger partial charge in [0.15, 0.2) is 0 Å². The molecule has 1 aliphatic rings. The van der Waals surface area contributed by atoms with Crippen LogP contribution < -0.4 is 10.6 Å². The van der Waals surface area contributed by atoms with Gasteiger partial charge in [-0.25, -0.2) is 4.39 Å². The molecule has 1 aliphatic carbocycles. The van der Waals surface area contributed by atoms with Gasteiger partial charge in [-0.1, -0.05) is 23.7 Å². The fraction of sp³-hybridized carbons (Fsp3) is 0.350. The maximum Gasteiger partial charge on any atom is 0.306 e. The minimum absolute atomic E-state index is 0.208. The second-order valence-electron chi connectivity index (χ2n) is 6.98. The summed E-state index contributed by atoms with van der Waals surface area (Å²) in [5.74, 6) is -2.51. The number of benzene rings is 1. The predicted octanol–water partition coefficient (Wildman–Crippen LogP) is 4.30. The molecule has 9 heteroatoms. The zero-order valence-electron chi connectivity index (χ0n) is 15.4. The van der Waals surface area contributed by atoms with E-state index in [0.29, 0.717) is 35.0 Å². The van der Waals surface area contributed by atoms with Crippen molar-refractivity contribution in [2.75, 3.05) is 5.32 Å². The van der Waals surface area contributed by atoms with E-state index in [9.17, 15) is 18.8 Å². The van der Waals surface area contributed by atoms with E-state index in [1.807, 2.05) is 0 Å². The molecule has 1 aromatic carbocycles. The van der Waals surface area contributed by atoms with E-state index >= 15 is 0 Å². The highest BCUT2D eigenvalue weighted by atomic mass is 35.5. The Bertz CT molecular complexity index is 908. The molecule has 0 bridgehead atoms. The van der Waals surface area contributed by atoms with E-state index in [1.165, 1.54) is 18.2 Å². The van der Waals surface area contributed by atoms with Crippen molar-refractivity contribution in [3.8, 4) is 0 Å². The van der Waals surface area contributed by atoms with Crippen LogP contribution in [0.1, 0.15) is 41.6 Å². The van der Waals surface area contributed by atoms with E-state index in [-0.39, 0.29) is 29.8 Å². The fourth-order valence-corrected chi connectivity index (χ4v) is 4.44. The number of carbonyl (C=O) groups is 3. The maximum absolute atomic E-state index is 13.0. The van der Waals surface area contributed by atoms with Gasteiger partial charge >= 0.3 is 5.97 Å². The number of carboxylic acids is 1. The largest absolute Gasteiger partial charge is 0.481 e. The summed E-state index contributed by atoms with van der Waals surface area (Å²) in [5, 5.41) is 14.9. The third-order valence-electron chi connectivity index (χ3n) is 5.00. The van der Waals surface area contributed by atoms with Crippen molar-refractivity contribution in [2.45, 2.75) is 32.2 Å². The van der Waals surface area contributed by atoms with Gasteiger partial charge in [-0.2, -0.15) is 0 Å². The first-order chi connectivity index (χ1) is 13.8. The minimum Gasteiger partial charge on any atom is -0.481 e. The Labute approximate surface area is 176 Å². The summed E-state index contributed by atoms with van der Waals surface area (Å²) in [5.41, 5.74) is 0.997. The van der Waals surface area contributed by atoms with Gasteiger partial charge in [0.2, 0.25) is 5.91 Å². The van der Waals surface area contributed by atoms with Crippen LogP contribution >= 0.6 is 22.9 Å². The van der Waals surface area contributed by atoms with Gasteiger partial charge in [-0.3, -0.25) is 14.4 Å². The van der Waals surface area contributed by atoms with Gasteiger partial charge in [0.05, 0.1) is 15.8 Å². The molecule has 0 atom stereocenters. The molecule has 1 heterocycles. The summed E-state index contributed by atoms with van der Waals surface area (Å²) >= 11 is 7.14. The Hall–Kier alpha value is -2.45. The molecule has 2 aromatic rings. The molecule has 0 spiro atoms. The number of thiophene rings is 1. The number of hydrogen-bond donors (Lipinski definition) is 3. The van der Waals surface area contributed by atoms with Crippen molar-refractivity contribution in [1.29, 1.82) is 0 Å². The number of rotatable bonds is 6. The lowest BCUT2D eigenvalue weighted by atomic mass is 9.81. The molecule has 154 valence electrons. The van der Waals surface area contributed by atoms with Crippen molar-refractivity contribution in [2.24, 2.45) is 11.8 Å². The summed E-state index contributed by atoms with van der Waals surface area (Å²) in [6.45, 7) is 0.208. The molecule has 1 fully saturated rings. The first-order valence-corrected chi connectivity index (χ1v) is 10.4. The first kappa shape index (κ1) is 21.3. The summed E-state index contributed by atoms with van der Waals surface area (Å²) in [4.78, 5) is 36.2. The van der Waals surface area contributed by atoms with Crippen molar-refractivity contribution in [1.82, 2.24) is 5.32 Å². The number of hydrogen-bond acceptors (Lipinski definition) is 4. The Morgan fingerprint density at radius 3 is 2.34 bits per heavy atom. The highest BCUT2D eigenvalue weighted by Crippen LogP contribution is 2.34. The molecule has 3 N–H and O–H groups in total. The number of nitrogens with one attached hydrogen (secondary N) is 2. The SMILES string of the molecule is O=C(NCc1ccc(F)cc1)c1cc(Cl)sc1NC(=O)C1CCC(C(=O)O)CC1. The van der Waals surface area contributed by atoms with Crippen LogP contribution in [0.5, 0.6) is 0 Å². The number of anilines is 1. The van der Waals surface area contributed by atoms with Crippen LogP contribution in [-0.4, -0.2) is 22.9 Å². The van der Waals surface area contributed by atoms with Gasteiger partial charge in [0.1, 0.15) is 10.8 Å². The molecule has 3 rings (SSSR count). The third kappa shape index (κ3) is 5.55. The highest BCUT2D eigenvalue weighted by Gasteiger charge is 2.30. The van der Waals surface area contributed by atoms with Gasteiger partial charge in [-0.05, 0) is 49.4 Å². The number of aliphatic carboxylic acids is 1. The van der Waals surface area contributed by atoms with Gasteiger partial charge in [-0.15, -0.1) is 11.3 Å². The Morgan fingerprint density at radius 2 is 1.72 bits per heavy atom. The van der Waals surface area contributed by atoms with Crippen molar-refractivity contribution in [3.05, 3.63) is 51.6 Å². The molecule has 29 heavy (non-hydrogen) atoms. The molecular formula is C20H20ClFN2O4S. The molecule has 0 unspecified atom stereocenters. The zero-order chi connectivity index (χ0) is 21.0. The Kier molecular flexibility index (Phi) is 6.87. The van der Waals surface area contributed by atoms with Crippen LogP contribution in [0.2, 0.25) is 4.34 Å². The summed E-state index contributed by atoms with van der Waals surface area (Å²) in [6.07, 6.45) is 1.91. The van der Waals surface area contributed by atoms with Crippen LogP contribution in [0.4, 0.5) is 9.39 Å². The van der Waals surface area contributed by atoms with E-state index in [0.717, 1.165) is 16.9 Å².